The number of benzene rings is 2. The maximum absolute atomic E-state index is 12.2. The molecule has 0 unspecified atom stereocenters. The van der Waals surface area contributed by atoms with Gasteiger partial charge >= 0.3 is 12.1 Å². The summed E-state index contributed by atoms with van der Waals surface area (Å²) >= 11 is 0. The molecule has 0 radical (unpaired) electrons. The number of hydrogen-bond donors (Lipinski definition) is 1. The van der Waals surface area contributed by atoms with Crippen LogP contribution in [0.15, 0.2) is 48.5 Å². The topological polar surface area (TPSA) is 64.6 Å². The number of alkyl carbamates (subject to hydrolysis) is 1. The fourth-order valence-electron chi connectivity index (χ4n) is 3.85. The first kappa shape index (κ1) is 16.6. The normalized spacial score (nSPS) is 20.2. The molecule has 0 bridgehead atoms. The molecule has 1 fully saturated rings. The van der Waals surface area contributed by atoms with Crippen molar-refractivity contribution in [2.75, 3.05) is 6.61 Å². The summed E-state index contributed by atoms with van der Waals surface area (Å²) in [5.74, 6) is -0.413. The van der Waals surface area contributed by atoms with E-state index < -0.39 is 23.7 Å². The van der Waals surface area contributed by atoms with Gasteiger partial charge in [-0.2, -0.15) is 0 Å². The number of fused-ring (bicyclic) bond motifs is 3. The predicted octanol–water partition coefficient (Wildman–Crippen LogP) is 3.62. The standard InChI is InChI=1S/C21H21NO4/c1-21(2)11-18(19(23)26-21)22-20(24)25-12-17-15-9-5-3-7-13(15)14-8-4-6-10-16(14)17/h3-10,17-18H,11-12H2,1-2H3,(H,22,24)/t18-/m1/s1. The van der Waals surface area contributed by atoms with Gasteiger partial charge in [0.15, 0.2) is 0 Å². The molecule has 1 atom stereocenters. The number of amides is 1. The number of cyclic esters (lactones) is 1. The molecule has 134 valence electrons. The third-order valence-corrected chi connectivity index (χ3v) is 4.99. The Morgan fingerprint density at radius 3 is 2.23 bits per heavy atom. The first-order valence-electron chi connectivity index (χ1n) is 8.79. The molecule has 26 heavy (non-hydrogen) atoms. The van der Waals surface area contributed by atoms with Crippen molar-refractivity contribution < 1.29 is 19.1 Å². The van der Waals surface area contributed by atoms with Gasteiger partial charge in [0.05, 0.1) is 0 Å². The highest BCUT2D eigenvalue weighted by Gasteiger charge is 2.41. The Hall–Kier alpha value is -2.82. The second kappa shape index (κ2) is 6.16. The number of carbonyl (C=O) groups excluding carboxylic acids is 2. The van der Waals surface area contributed by atoms with Gasteiger partial charge in [0.2, 0.25) is 0 Å². The molecule has 2 aromatic rings. The van der Waals surface area contributed by atoms with Gasteiger partial charge in [-0.25, -0.2) is 9.59 Å². The van der Waals surface area contributed by atoms with Crippen LogP contribution >= 0.6 is 0 Å². The molecule has 0 saturated carbocycles. The van der Waals surface area contributed by atoms with Crippen LogP contribution in [0.1, 0.15) is 37.3 Å². The number of carbonyl (C=O) groups is 2. The molecule has 1 aliphatic carbocycles. The molecule has 1 aliphatic heterocycles. The van der Waals surface area contributed by atoms with Crippen LogP contribution in [0.25, 0.3) is 11.1 Å². The predicted molar refractivity (Wildman–Crippen MR) is 96.8 cm³/mol. The maximum atomic E-state index is 12.2. The zero-order valence-corrected chi connectivity index (χ0v) is 14.8. The lowest BCUT2D eigenvalue weighted by Crippen LogP contribution is -2.39. The fourth-order valence-corrected chi connectivity index (χ4v) is 3.85. The lowest BCUT2D eigenvalue weighted by Gasteiger charge is -2.16. The molecule has 0 spiro atoms. The Morgan fingerprint density at radius 2 is 1.69 bits per heavy atom. The van der Waals surface area contributed by atoms with Crippen LogP contribution < -0.4 is 5.32 Å². The van der Waals surface area contributed by atoms with Crippen LogP contribution in [0.2, 0.25) is 0 Å². The summed E-state index contributed by atoms with van der Waals surface area (Å²) in [6, 6.07) is 15.7. The Labute approximate surface area is 152 Å². The Kier molecular flexibility index (Phi) is 3.94. The first-order chi connectivity index (χ1) is 12.4. The molecule has 2 aromatic carbocycles. The summed E-state index contributed by atoms with van der Waals surface area (Å²) < 4.78 is 10.7. The smallest absolute Gasteiger partial charge is 0.407 e. The summed E-state index contributed by atoms with van der Waals surface area (Å²) in [5, 5.41) is 2.62. The van der Waals surface area contributed by atoms with Crippen LogP contribution in [0.4, 0.5) is 4.79 Å². The van der Waals surface area contributed by atoms with E-state index in [0.29, 0.717) is 6.42 Å². The molecule has 5 nitrogen and oxygen atoms in total. The maximum Gasteiger partial charge on any atom is 0.407 e. The van der Waals surface area contributed by atoms with E-state index in [1.807, 2.05) is 38.1 Å². The van der Waals surface area contributed by atoms with Crippen LogP contribution in [0, 0.1) is 0 Å². The Balaban J connectivity index is 1.45. The lowest BCUT2D eigenvalue weighted by atomic mass is 9.98. The summed E-state index contributed by atoms with van der Waals surface area (Å²) in [7, 11) is 0. The van der Waals surface area contributed by atoms with Crippen molar-refractivity contribution in [3.63, 3.8) is 0 Å². The van der Waals surface area contributed by atoms with Crippen molar-refractivity contribution >= 4 is 12.1 Å². The third kappa shape index (κ3) is 2.94. The average molecular weight is 351 g/mol. The van der Waals surface area contributed by atoms with Gasteiger partial charge in [0, 0.05) is 12.3 Å². The minimum atomic E-state index is -0.652. The number of nitrogens with one attached hydrogen (secondary N) is 1. The van der Waals surface area contributed by atoms with Crippen LogP contribution in [-0.2, 0) is 14.3 Å². The molecule has 4 rings (SSSR count). The monoisotopic (exact) mass is 351 g/mol. The lowest BCUT2D eigenvalue weighted by molar-refractivity contribution is -0.147. The minimum Gasteiger partial charge on any atom is -0.458 e. The van der Waals surface area contributed by atoms with Gasteiger partial charge in [-0.3, -0.25) is 0 Å². The Bertz CT molecular complexity index is 828. The van der Waals surface area contributed by atoms with E-state index in [0.717, 1.165) is 11.1 Å². The van der Waals surface area contributed by atoms with E-state index >= 15 is 0 Å². The van der Waals surface area contributed by atoms with Gasteiger partial charge in [0.1, 0.15) is 18.2 Å². The molecule has 5 heteroatoms. The van der Waals surface area contributed by atoms with Crippen molar-refractivity contribution in [2.45, 2.75) is 37.8 Å². The van der Waals surface area contributed by atoms with E-state index in [-0.39, 0.29) is 12.5 Å². The van der Waals surface area contributed by atoms with E-state index in [2.05, 4.69) is 29.6 Å². The van der Waals surface area contributed by atoms with Crippen LogP contribution in [0.5, 0.6) is 0 Å². The van der Waals surface area contributed by atoms with Gasteiger partial charge < -0.3 is 14.8 Å². The minimum absolute atomic E-state index is 0.000112. The van der Waals surface area contributed by atoms with Crippen molar-refractivity contribution in [1.82, 2.24) is 5.32 Å². The number of ether oxygens (including phenoxy) is 2. The molecule has 1 heterocycles. The summed E-state index contributed by atoms with van der Waals surface area (Å²) in [4.78, 5) is 24.0. The highest BCUT2D eigenvalue weighted by atomic mass is 16.6. The molecular weight excluding hydrogens is 330 g/mol. The van der Waals surface area contributed by atoms with E-state index in [1.54, 1.807) is 0 Å². The number of rotatable bonds is 3. The average Bonchev–Trinajstić information content (AvgIpc) is 3.06. The summed E-state index contributed by atoms with van der Waals surface area (Å²) in [6.07, 6.45) is -0.151. The van der Waals surface area contributed by atoms with E-state index in [4.69, 9.17) is 9.47 Å². The third-order valence-electron chi connectivity index (χ3n) is 4.99. The van der Waals surface area contributed by atoms with Gasteiger partial charge in [-0.05, 0) is 36.1 Å². The fraction of sp³-hybridized carbons (Fsp3) is 0.333. The van der Waals surface area contributed by atoms with Crippen molar-refractivity contribution in [3.8, 4) is 11.1 Å². The van der Waals surface area contributed by atoms with Crippen LogP contribution in [-0.4, -0.2) is 30.3 Å². The first-order valence-corrected chi connectivity index (χ1v) is 8.79. The second-order valence-electron chi connectivity index (χ2n) is 7.41. The Morgan fingerprint density at radius 1 is 1.12 bits per heavy atom. The van der Waals surface area contributed by atoms with Crippen LogP contribution in [0.3, 0.4) is 0 Å². The largest absolute Gasteiger partial charge is 0.458 e. The summed E-state index contributed by atoms with van der Waals surface area (Å²) in [5.41, 5.74) is 4.11. The van der Waals surface area contributed by atoms with Gasteiger partial charge in [-0.15, -0.1) is 0 Å². The molecule has 1 N–H and O–H groups in total. The SMILES string of the molecule is CC1(C)C[C@@H](NC(=O)OCC2c3ccccc3-c3ccccc32)C(=O)O1. The molecular formula is C21H21NO4. The highest BCUT2D eigenvalue weighted by Crippen LogP contribution is 2.44. The van der Waals surface area contributed by atoms with Crippen molar-refractivity contribution in [3.05, 3.63) is 59.7 Å². The number of hydrogen-bond acceptors (Lipinski definition) is 4. The summed E-state index contributed by atoms with van der Waals surface area (Å²) in [6.45, 7) is 3.87. The quantitative estimate of drug-likeness (QED) is 0.858. The zero-order valence-electron chi connectivity index (χ0n) is 14.8. The van der Waals surface area contributed by atoms with E-state index in [1.165, 1.54) is 11.1 Å². The van der Waals surface area contributed by atoms with E-state index in [9.17, 15) is 9.59 Å². The molecule has 2 aliphatic rings. The van der Waals surface area contributed by atoms with Crippen molar-refractivity contribution in [1.29, 1.82) is 0 Å². The van der Waals surface area contributed by atoms with Gasteiger partial charge in [-0.1, -0.05) is 48.5 Å². The number of esters is 1. The molecule has 1 amide bonds. The zero-order chi connectivity index (χ0) is 18.3. The van der Waals surface area contributed by atoms with Gasteiger partial charge in [0.25, 0.3) is 0 Å². The van der Waals surface area contributed by atoms with Crippen molar-refractivity contribution in [2.24, 2.45) is 0 Å². The second-order valence-corrected chi connectivity index (χ2v) is 7.41. The molecule has 0 aromatic heterocycles. The molecule has 1 saturated heterocycles. The highest BCUT2D eigenvalue weighted by molar-refractivity contribution is 5.83.